The van der Waals surface area contributed by atoms with Crippen LogP contribution < -0.4 is 15.8 Å². The lowest BCUT2D eigenvalue weighted by Crippen LogP contribution is -2.21. The van der Waals surface area contributed by atoms with Crippen molar-refractivity contribution in [2.45, 2.75) is 0 Å². The number of para-hydroxylation sites is 1. The number of anilines is 2. The van der Waals surface area contributed by atoms with Crippen LogP contribution in [0, 0.1) is 17.1 Å². The molecule has 2 aromatic carbocycles. The lowest BCUT2D eigenvalue weighted by molar-refractivity contribution is -0.118. The number of benzene rings is 2. The zero-order valence-electron chi connectivity index (χ0n) is 11.0. The van der Waals surface area contributed by atoms with Crippen LogP contribution >= 0.6 is 0 Å². The SMILES string of the molecule is N#Cc1ccc(OCC(=O)Nc2ccccc2F)c(N)c1. The van der Waals surface area contributed by atoms with Gasteiger partial charge in [-0.1, -0.05) is 12.1 Å². The minimum Gasteiger partial charge on any atom is -0.482 e. The monoisotopic (exact) mass is 285 g/mol. The molecule has 0 heterocycles. The first-order valence-electron chi connectivity index (χ1n) is 6.07. The van der Waals surface area contributed by atoms with Crippen molar-refractivity contribution in [1.82, 2.24) is 0 Å². The highest BCUT2D eigenvalue weighted by molar-refractivity contribution is 5.92. The number of hydrogen-bond acceptors (Lipinski definition) is 4. The first-order chi connectivity index (χ1) is 10.1. The molecule has 0 atom stereocenters. The third-order valence-corrected chi connectivity index (χ3v) is 2.65. The molecule has 2 aromatic rings. The van der Waals surface area contributed by atoms with Crippen molar-refractivity contribution in [3.05, 3.63) is 53.8 Å². The molecule has 0 bridgehead atoms. The molecule has 0 saturated carbocycles. The Hall–Kier alpha value is -3.07. The van der Waals surface area contributed by atoms with Gasteiger partial charge in [-0.15, -0.1) is 0 Å². The van der Waals surface area contributed by atoms with Gasteiger partial charge in [0.05, 0.1) is 23.0 Å². The maximum Gasteiger partial charge on any atom is 0.262 e. The predicted molar refractivity (Wildman–Crippen MR) is 76.1 cm³/mol. The first kappa shape index (κ1) is 14.3. The highest BCUT2D eigenvalue weighted by atomic mass is 19.1. The molecule has 1 amide bonds. The number of amides is 1. The molecule has 5 nitrogen and oxygen atoms in total. The van der Waals surface area contributed by atoms with E-state index < -0.39 is 11.7 Å². The Morgan fingerprint density at radius 3 is 2.76 bits per heavy atom. The Labute approximate surface area is 120 Å². The molecule has 0 aliphatic heterocycles. The van der Waals surface area contributed by atoms with E-state index in [0.29, 0.717) is 5.56 Å². The Kier molecular flexibility index (Phi) is 4.36. The van der Waals surface area contributed by atoms with Crippen molar-refractivity contribution in [3.63, 3.8) is 0 Å². The molecule has 106 valence electrons. The van der Waals surface area contributed by atoms with Crippen LogP contribution in [0.15, 0.2) is 42.5 Å². The molecule has 0 saturated heterocycles. The van der Waals surface area contributed by atoms with Gasteiger partial charge in [-0.2, -0.15) is 5.26 Å². The number of nitrogens with one attached hydrogen (secondary N) is 1. The summed E-state index contributed by atoms with van der Waals surface area (Å²) in [6.45, 7) is -0.315. The van der Waals surface area contributed by atoms with Crippen LogP contribution in [0.4, 0.5) is 15.8 Å². The van der Waals surface area contributed by atoms with Crippen LogP contribution in [0.25, 0.3) is 0 Å². The van der Waals surface area contributed by atoms with E-state index >= 15 is 0 Å². The zero-order valence-corrected chi connectivity index (χ0v) is 11.0. The van der Waals surface area contributed by atoms with Gasteiger partial charge >= 0.3 is 0 Å². The van der Waals surface area contributed by atoms with Crippen molar-refractivity contribution < 1.29 is 13.9 Å². The highest BCUT2D eigenvalue weighted by Crippen LogP contribution is 2.22. The number of carbonyl (C=O) groups is 1. The molecule has 0 radical (unpaired) electrons. The second kappa shape index (κ2) is 6.39. The Balaban J connectivity index is 1.96. The van der Waals surface area contributed by atoms with Gasteiger partial charge < -0.3 is 15.8 Å². The minimum absolute atomic E-state index is 0.0823. The van der Waals surface area contributed by atoms with Crippen LogP contribution in [0.1, 0.15) is 5.56 Å². The standard InChI is InChI=1S/C15H12FN3O2/c16-11-3-1-2-4-13(11)19-15(20)9-21-14-6-5-10(8-17)7-12(14)18/h1-7H,9,18H2,(H,19,20). The molecule has 0 spiro atoms. The summed E-state index contributed by atoms with van der Waals surface area (Å²) in [6.07, 6.45) is 0. The van der Waals surface area contributed by atoms with E-state index in [0.717, 1.165) is 0 Å². The van der Waals surface area contributed by atoms with Gasteiger partial charge in [0.2, 0.25) is 0 Å². The molecule has 2 rings (SSSR count). The number of carbonyl (C=O) groups excluding carboxylic acids is 1. The summed E-state index contributed by atoms with van der Waals surface area (Å²) < 4.78 is 18.6. The predicted octanol–water partition coefficient (Wildman–Crippen LogP) is 2.30. The Morgan fingerprint density at radius 2 is 2.10 bits per heavy atom. The fourth-order valence-electron chi connectivity index (χ4n) is 1.64. The van der Waals surface area contributed by atoms with Crippen LogP contribution in [-0.2, 0) is 4.79 Å². The van der Waals surface area contributed by atoms with Crippen molar-refractivity contribution in [2.75, 3.05) is 17.7 Å². The normalized spacial score (nSPS) is 9.71. The summed E-state index contributed by atoms with van der Waals surface area (Å²) >= 11 is 0. The average molecular weight is 285 g/mol. The van der Waals surface area contributed by atoms with E-state index in [9.17, 15) is 9.18 Å². The van der Waals surface area contributed by atoms with Crippen LogP contribution in [0.2, 0.25) is 0 Å². The molecule has 0 aliphatic rings. The molecular weight excluding hydrogens is 273 g/mol. The summed E-state index contributed by atoms with van der Waals surface area (Å²) in [7, 11) is 0. The second-order valence-electron chi connectivity index (χ2n) is 4.18. The number of rotatable bonds is 4. The maximum atomic E-state index is 13.4. The van der Waals surface area contributed by atoms with E-state index in [1.807, 2.05) is 6.07 Å². The number of nitrogens with two attached hydrogens (primary N) is 1. The molecule has 0 unspecified atom stereocenters. The van der Waals surface area contributed by atoms with Gasteiger partial charge in [-0.3, -0.25) is 4.79 Å². The number of hydrogen-bond donors (Lipinski definition) is 2. The summed E-state index contributed by atoms with van der Waals surface area (Å²) in [4.78, 5) is 11.7. The van der Waals surface area contributed by atoms with Crippen molar-refractivity contribution >= 4 is 17.3 Å². The first-order valence-corrected chi connectivity index (χ1v) is 6.07. The lowest BCUT2D eigenvalue weighted by Gasteiger charge is -2.10. The van der Waals surface area contributed by atoms with Gasteiger partial charge in [0.15, 0.2) is 6.61 Å². The fourth-order valence-corrected chi connectivity index (χ4v) is 1.64. The summed E-state index contributed by atoms with van der Waals surface area (Å²) in [5.74, 6) is -0.745. The topological polar surface area (TPSA) is 88.1 Å². The number of ether oxygens (including phenoxy) is 1. The average Bonchev–Trinajstić information content (AvgIpc) is 2.48. The molecule has 0 aliphatic carbocycles. The van der Waals surface area contributed by atoms with Crippen molar-refractivity contribution in [2.24, 2.45) is 0 Å². The number of halogens is 1. The molecule has 3 N–H and O–H groups in total. The molecule has 6 heteroatoms. The molecular formula is C15H12FN3O2. The van der Waals surface area contributed by atoms with Gasteiger partial charge in [0.1, 0.15) is 11.6 Å². The molecule has 0 fully saturated rings. The number of nitrogen functional groups attached to an aromatic ring is 1. The van der Waals surface area contributed by atoms with Crippen LogP contribution in [0.5, 0.6) is 5.75 Å². The Bertz CT molecular complexity index is 710. The van der Waals surface area contributed by atoms with E-state index in [-0.39, 0.29) is 23.7 Å². The summed E-state index contributed by atoms with van der Waals surface area (Å²) in [6, 6.07) is 12.3. The highest BCUT2D eigenvalue weighted by Gasteiger charge is 2.08. The Morgan fingerprint density at radius 1 is 1.33 bits per heavy atom. The number of nitrogens with zero attached hydrogens (tertiary/aromatic N) is 1. The number of nitriles is 1. The van der Waals surface area contributed by atoms with Gasteiger partial charge in [-0.05, 0) is 30.3 Å². The third kappa shape index (κ3) is 3.70. The molecule has 21 heavy (non-hydrogen) atoms. The summed E-state index contributed by atoms with van der Waals surface area (Å²) in [5, 5.41) is 11.1. The van der Waals surface area contributed by atoms with Crippen LogP contribution in [0.3, 0.4) is 0 Å². The van der Waals surface area contributed by atoms with E-state index in [1.54, 1.807) is 6.07 Å². The van der Waals surface area contributed by atoms with Crippen molar-refractivity contribution in [1.29, 1.82) is 5.26 Å². The van der Waals surface area contributed by atoms with E-state index in [1.165, 1.54) is 36.4 Å². The van der Waals surface area contributed by atoms with Crippen LogP contribution in [-0.4, -0.2) is 12.5 Å². The lowest BCUT2D eigenvalue weighted by atomic mass is 10.2. The van der Waals surface area contributed by atoms with Gasteiger partial charge in [0, 0.05) is 0 Å². The smallest absolute Gasteiger partial charge is 0.262 e. The van der Waals surface area contributed by atoms with Gasteiger partial charge in [0.25, 0.3) is 5.91 Å². The second-order valence-corrected chi connectivity index (χ2v) is 4.18. The maximum absolute atomic E-state index is 13.4. The minimum atomic E-state index is -0.524. The molecule has 0 aromatic heterocycles. The van der Waals surface area contributed by atoms with Gasteiger partial charge in [-0.25, -0.2) is 4.39 Å². The third-order valence-electron chi connectivity index (χ3n) is 2.65. The zero-order chi connectivity index (χ0) is 15.2. The van der Waals surface area contributed by atoms with E-state index in [2.05, 4.69) is 5.32 Å². The fraction of sp³-hybridized carbons (Fsp3) is 0.0667. The quantitative estimate of drug-likeness (QED) is 0.844. The van der Waals surface area contributed by atoms with Crippen molar-refractivity contribution in [3.8, 4) is 11.8 Å². The summed E-state index contributed by atoms with van der Waals surface area (Å²) in [5.41, 5.74) is 6.43. The van der Waals surface area contributed by atoms with E-state index in [4.69, 9.17) is 15.7 Å². The largest absolute Gasteiger partial charge is 0.482 e.